The molecule has 1 fully saturated rings. The molecule has 0 spiro atoms. The van der Waals surface area contributed by atoms with E-state index < -0.39 is 0 Å². The van der Waals surface area contributed by atoms with E-state index in [1.54, 1.807) is 12.3 Å². The van der Waals surface area contributed by atoms with Gasteiger partial charge in [0, 0.05) is 29.0 Å². The fraction of sp³-hybridized carbons (Fsp3) is 0.125. The highest BCUT2D eigenvalue weighted by Crippen LogP contribution is 2.36. The van der Waals surface area contributed by atoms with Gasteiger partial charge >= 0.3 is 0 Å². The molecule has 2 heterocycles. The average Bonchev–Trinajstić information content (AvgIpc) is 3.80. The molecule has 0 amide bonds. The van der Waals surface area contributed by atoms with Crippen LogP contribution in [-0.4, -0.2) is 16.5 Å². The maximum atomic E-state index is 6.42. The Morgan fingerprint density at radius 2 is 1.71 bits per heavy atom. The number of anilines is 3. The maximum absolute atomic E-state index is 6.42. The third kappa shape index (κ3) is 5.54. The van der Waals surface area contributed by atoms with Gasteiger partial charge in [0.05, 0.1) is 34.7 Å². The molecule has 0 aliphatic heterocycles. The number of nitrogens with two attached hydrogens (primary N) is 1. The van der Waals surface area contributed by atoms with Gasteiger partial charge in [0.1, 0.15) is 0 Å². The lowest BCUT2D eigenvalue weighted by Gasteiger charge is -2.25. The van der Waals surface area contributed by atoms with Gasteiger partial charge in [-0.2, -0.15) is 0 Å². The summed E-state index contributed by atoms with van der Waals surface area (Å²) in [5, 5.41) is 2.26. The first-order chi connectivity index (χ1) is 18.4. The molecule has 2 N–H and O–H groups in total. The van der Waals surface area contributed by atoms with E-state index in [4.69, 9.17) is 22.4 Å². The predicted molar refractivity (Wildman–Crippen MR) is 160 cm³/mol. The third-order valence-corrected chi connectivity index (χ3v) is 7.00. The average molecular weight is 520 g/mol. The van der Waals surface area contributed by atoms with Gasteiger partial charge in [0.15, 0.2) is 0 Å². The Kier molecular flexibility index (Phi) is 7.40. The van der Waals surface area contributed by atoms with Crippen LogP contribution in [-0.2, 0) is 0 Å². The van der Waals surface area contributed by atoms with Crippen molar-refractivity contribution in [1.82, 2.24) is 9.97 Å². The lowest BCUT2D eigenvalue weighted by Crippen LogP contribution is -2.29. The molecule has 4 aromatic rings. The molecular weight excluding hydrogens is 490 g/mol. The van der Waals surface area contributed by atoms with Gasteiger partial charge in [-0.15, -0.1) is 0 Å². The first-order valence-electron chi connectivity index (χ1n) is 12.5. The van der Waals surface area contributed by atoms with Crippen LogP contribution >= 0.6 is 11.6 Å². The van der Waals surface area contributed by atoms with Crippen LogP contribution in [0, 0.1) is 5.92 Å². The topological polar surface area (TPSA) is 58.3 Å². The predicted octanol–water partition coefficient (Wildman–Crippen LogP) is 7.73. The van der Waals surface area contributed by atoms with E-state index >= 15 is 0 Å². The zero-order valence-electron chi connectivity index (χ0n) is 21.2. The SMILES string of the molecule is C=Cc1cc(C(=C)c2ccc(N(CC3CC3)c3ccc(Cl)cc3)cn2)ccc1N(N)C(=C)c1ccccn1. The van der Waals surface area contributed by atoms with Gasteiger partial charge in [-0.1, -0.05) is 49.5 Å². The van der Waals surface area contributed by atoms with Gasteiger partial charge < -0.3 is 4.90 Å². The Morgan fingerprint density at radius 1 is 0.947 bits per heavy atom. The molecule has 0 bridgehead atoms. The van der Waals surface area contributed by atoms with Crippen molar-refractivity contribution in [1.29, 1.82) is 0 Å². The minimum atomic E-state index is 0.592. The standard InChI is InChI=1S/C32H30ClN5/c1-4-25-19-26(10-17-32(25)38(34)23(3)31-7-5-6-18-35-31)22(2)30-16-15-29(20-36-30)37(21-24-8-9-24)28-13-11-27(33)12-14-28/h4-7,10-20,24H,1-3,8-9,21,34H2. The number of halogens is 1. The van der Waals surface area contributed by atoms with E-state index in [1.807, 2.05) is 60.8 Å². The number of hydrazine groups is 1. The number of rotatable bonds is 10. The van der Waals surface area contributed by atoms with E-state index in [0.717, 1.165) is 51.0 Å². The largest absolute Gasteiger partial charge is 0.340 e. The van der Waals surface area contributed by atoms with Crippen molar-refractivity contribution < 1.29 is 0 Å². The molecule has 1 aliphatic carbocycles. The first kappa shape index (κ1) is 25.5. The van der Waals surface area contributed by atoms with Gasteiger partial charge in [-0.25, -0.2) is 5.84 Å². The molecule has 0 unspecified atom stereocenters. The highest BCUT2D eigenvalue weighted by molar-refractivity contribution is 6.30. The molecule has 0 radical (unpaired) electrons. The van der Waals surface area contributed by atoms with Crippen LogP contribution in [0.1, 0.15) is 35.4 Å². The van der Waals surface area contributed by atoms with Crippen molar-refractivity contribution >= 4 is 46.0 Å². The summed E-state index contributed by atoms with van der Waals surface area (Å²) in [7, 11) is 0. The second kappa shape index (κ2) is 11.1. The summed E-state index contributed by atoms with van der Waals surface area (Å²) in [6.45, 7) is 13.4. The van der Waals surface area contributed by atoms with E-state index in [2.05, 4.69) is 47.8 Å². The lowest BCUT2D eigenvalue weighted by molar-refractivity contribution is 0.812. The molecule has 6 heteroatoms. The molecule has 1 saturated carbocycles. The number of pyridine rings is 2. The number of aromatic nitrogens is 2. The summed E-state index contributed by atoms with van der Waals surface area (Å²) in [5.74, 6) is 7.14. The van der Waals surface area contributed by atoms with Crippen molar-refractivity contribution in [3.63, 3.8) is 0 Å². The summed E-state index contributed by atoms with van der Waals surface area (Å²) in [6, 6.07) is 23.7. The maximum Gasteiger partial charge on any atom is 0.0875 e. The molecule has 1 aliphatic rings. The monoisotopic (exact) mass is 519 g/mol. The van der Waals surface area contributed by atoms with Gasteiger partial charge in [0.2, 0.25) is 0 Å². The Bertz CT molecular complexity index is 1460. The zero-order valence-corrected chi connectivity index (χ0v) is 22.0. The first-order valence-corrected chi connectivity index (χ1v) is 12.9. The van der Waals surface area contributed by atoms with Crippen LogP contribution in [0.5, 0.6) is 0 Å². The highest BCUT2D eigenvalue weighted by atomic mass is 35.5. The van der Waals surface area contributed by atoms with Gasteiger partial charge in [-0.3, -0.25) is 15.0 Å². The number of benzene rings is 2. The molecule has 5 rings (SSSR count). The molecule has 38 heavy (non-hydrogen) atoms. The van der Waals surface area contributed by atoms with Gasteiger partial charge in [-0.05, 0) is 90.6 Å². The molecule has 2 aromatic carbocycles. The minimum Gasteiger partial charge on any atom is -0.340 e. The Hall–Kier alpha value is -4.19. The smallest absolute Gasteiger partial charge is 0.0875 e. The number of hydrogen-bond acceptors (Lipinski definition) is 5. The molecule has 0 saturated heterocycles. The highest BCUT2D eigenvalue weighted by Gasteiger charge is 2.25. The fourth-order valence-corrected chi connectivity index (χ4v) is 4.47. The van der Waals surface area contributed by atoms with E-state index in [-0.39, 0.29) is 0 Å². The Labute approximate surface area is 229 Å². The van der Waals surface area contributed by atoms with E-state index in [9.17, 15) is 0 Å². The van der Waals surface area contributed by atoms with Crippen molar-refractivity contribution in [3.8, 4) is 0 Å². The van der Waals surface area contributed by atoms with Crippen LogP contribution in [0.25, 0.3) is 17.3 Å². The second-order valence-electron chi connectivity index (χ2n) is 9.42. The molecule has 0 atom stereocenters. The molecular formula is C32H30ClN5. The van der Waals surface area contributed by atoms with Crippen LogP contribution in [0.4, 0.5) is 17.1 Å². The summed E-state index contributed by atoms with van der Waals surface area (Å²) in [6.07, 6.45) is 7.94. The van der Waals surface area contributed by atoms with Crippen molar-refractivity contribution in [3.05, 3.63) is 132 Å². The summed E-state index contributed by atoms with van der Waals surface area (Å²) >= 11 is 6.12. The Morgan fingerprint density at radius 3 is 2.34 bits per heavy atom. The van der Waals surface area contributed by atoms with Gasteiger partial charge in [0.25, 0.3) is 0 Å². The number of hydrogen-bond donors (Lipinski definition) is 1. The van der Waals surface area contributed by atoms with Crippen LogP contribution in [0.3, 0.4) is 0 Å². The van der Waals surface area contributed by atoms with Crippen molar-refractivity contribution in [2.75, 3.05) is 16.5 Å². The molecule has 5 nitrogen and oxygen atoms in total. The van der Waals surface area contributed by atoms with Crippen LogP contribution in [0.15, 0.2) is 105 Å². The second-order valence-corrected chi connectivity index (χ2v) is 9.86. The summed E-state index contributed by atoms with van der Waals surface area (Å²) in [5.41, 5.74) is 7.65. The Balaban J connectivity index is 1.37. The van der Waals surface area contributed by atoms with Crippen molar-refractivity contribution in [2.45, 2.75) is 12.8 Å². The summed E-state index contributed by atoms with van der Waals surface area (Å²) < 4.78 is 0. The van der Waals surface area contributed by atoms with E-state index in [1.165, 1.54) is 17.9 Å². The normalized spacial score (nSPS) is 12.6. The third-order valence-electron chi connectivity index (χ3n) is 6.75. The van der Waals surface area contributed by atoms with Crippen LogP contribution < -0.4 is 15.8 Å². The summed E-state index contributed by atoms with van der Waals surface area (Å²) in [4.78, 5) is 11.4. The van der Waals surface area contributed by atoms with Crippen LogP contribution in [0.2, 0.25) is 5.02 Å². The molecule has 190 valence electrons. The van der Waals surface area contributed by atoms with E-state index in [0.29, 0.717) is 17.3 Å². The zero-order chi connectivity index (χ0) is 26.6. The van der Waals surface area contributed by atoms with Crippen molar-refractivity contribution in [2.24, 2.45) is 11.8 Å². The molecule has 2 aromatic heterocycles. The fourth-order valence-electron chi connectivity index (χ4n) is 4.34. The quantitative estimate of drug-likeness (QED) is 0.171. The number of nitrogens with zero attached hydrogens (tertiary/aromatic N) is 4. The minimum absolute atomic E-state index is 0.592. The lowest BCUT2D eigenvalue weighted by atomic mass is 9.99.